The second-order valence-corrected chi connectivity index (χ2v) is 14.7. The molecule has 1 heteroatoms. The highest BCUT2D eigenvalue weighted by Crippen LogP contribution is 2.45. The second-order valence-electron chi connectivity index (χ2n) is 14.7. The van der Waals surface area contributed by atoms with E-state index in [-0.39, 0.29) is 0 Å². The third kappa shape index (κ3) is 5.40. The Labute approximate surface area is 306 Å². The zero-order valence-corrected chi connectivity index (χ0v) is 29.4. The number of fused-ring (bicyclic) bond motifs is 7. The van der Waals surface area contributed by atoms with Crippen LogP contribution >= 0.6 is 0 Å². The molecule has 2 aliphatic rings. The van der Waals surface area contributed by atoms with Crippen molar-refractivity contribution in [3.8, 4) is 16.8 Å². The summed E-state index contributed by atoms with van der Waals surface area (Å²) in [5.74, 6) is 0.941. The number of rotatable bonds is 6. The molecule has 2 atom stereocenters. The van der Waals surface area contributed by atoms with Crippen molar-refractivity contribution in [2.75, 3.05) is 0 Å². The highest BCUT2D eigenvalue weighted by atomic mass is 15.0. The Morgan fingerprint density at radius 3 is 2.25 bits per heavy atom. The van der Waals surface area contributed by atoms with Crippen LogP contribution in [0.2, 0.25) is 0 Å². The molecule has 2 aliphatic carbocycles. The van der Waals surface area contributed by atoms with Gasteiger partial charge in [0.2, 0.25) is 0 Å². The molecule has 0 fully saturated rings. The van der Waals surface area contributed by atoms with Crippen LogP contribution in [0.3, 0.4) is 0 Å². The number of para-hydroxylation sites is 1. The molecule has 0 spiro atoms. The van der Waals surface area contributed by atoms with Gasteiger partial charge in [-0.3, -0.25) is 0 Å². The van der Waals surface area contributed by atoms with Crippen LogP contribution in [0.1, 0.15) is 53.0 Å². The van der Waals surface area contributed by atoms with Crippen LogP contribution in [-0.4, -0.2) is 4.57 Å². The fourth-order valence-electron chi connectivity index (χ4n) is 9.20. The summed E-state index contributed by atoms with van der Waals surface area (Å²) in [7, 11) is 0. The van der Waals surface area contributed by atoms with Crippen LogP contribution < -0.4 is 0 Å². The van der Waals surface area contributed by atoms with Gasteiger partial charge in [0, 0.05) is 22.4 Å². The van der Waals surface area contributed by atoms with E-state index in [0.29, 0.717) is 11.8 Å². The minimum atomic E-state index is 0.408. The average Bonchev–Trinajstić information content (AvgIpc) is 3.40. The van der Waals surface area contributed by atoms with Gasteiger partial charge in [-0.25, -0.2) is 0 Å². The lowest BCUT2D eigenvalue weighted by Crippen LogP contribution is -2.20. The molecular formula is C51H41N. The number of nitrogens with zero attached hydrogens (tertiary/aromatic N) is 1. The second kappa shape index (κ2) is 13.0. The topological polar surface area (TPSA) is 4.93 Å². The summed E-state index contributed by atoms with van der Waals surface area (Å²) in [5, 5.41) is 5.19. The Morgan fingerprint density at radius 1 is 0.596 bits per heavy atom. The lowest BCUT2D eigenvalue weighted by Gasteiger charge is -2.32. The fraction of sp³-hybridized carbons (Fsp3) is 0.137. The van der Waals surface area contributed by atoms with E-state index in [4.69, 9.17) is 0 Å². The number of aryl methyl sites for hydroxylation is 1. The maximum absolute atomic E-state index is 2.56. The predicted molar refractivity (Wildman–Crippen MR) is 221 cm³/mol. The van der Waals surface area contributed by atoms with Crippen molar-refractivity contribution < 1.29 is 0 Å². The summed E-state index contributed by atoms with van der Waals surface area (Å²) in [6, 6.07) is 58.6. The number of allylic oxidation sites excluding steroid dienone is 2. The molecule has 52 heavy (non-hydrogen) atoms. The van der Waals surface area contributed by atoms with Gasteiger partial charge in [-0.05, 0) is 124 Å². The van der Waals surface area contributed by atoms with Crippen LogP contribution in [0.5, 0.6) is 0 Å². The maximum Gasteiger partial charge on any atom is 0.0547 e. The molecule has 1 aromatic heterocycles. The summed E-state index contributed by atoms with van der Waals surface area (Å²) < 4.78 is 2.43. The third-order valence-corrected chi connectivity index (χ3v) is 11.7. The van der Waals surface area contributed by atoms with Gasteiger partial charge in [0.25, 0.3) is 0 Å². The van der Waals surface area contributed by atoms with Crippen LogP contribution in [0.4, 0.5) is 0 Å². The molecule has 0 bridgehead atoms. The molecule has 7 aromatic carbocycles. The van der Waals surface area contributed by atoms with Crippen molar-refractivity contribution in [1.82, 2.24) is 4.57 Å². The van der Waals surface area contributed by atoms with E-state index in [1.54, 1.807) is 5.57 Å². The van der Waals surface area contributed by atoms with Crippen molar-refractivity contribution in [3.63, 3.8) is 0 Å². The summed E-state index contributed by atoms with van der Waals surface area (Å²) in [6.07, 6.45) is 13.0. The van der Waals surface area contributed by atoms with Gasteiger partial charge in [0.05, 0.1) is 11.0 Å². The number of aromatic nitrogens is 1. The first-order valence-corrected chi connectivity index (χ1v) is 18.9. The van der Waals surface area contributed by atoms with Gasteiger partial charge in [-0.2, -0.15) is 0 Å². The van der Waals surface area contributed by atoms with E-state index in [1.807, 2.05) is 0 Å². The molecule has 8 aromatic rings. The summed E-state index contributed by atoms with van der Waals surface area (Å²) in [6.45, 7) is 0. The highest BCUT2D eigenvalue weighted by molar-refractivity contribution is 6.21. The highest BCUT2D eigenvalue weighted by Gasteiger charge is 2.30. The zero-order valence-electron chi connectivity index (χ0n) is 29.4. The summed E-state index contributed by atoms with van der Waals surface area (Å²) >= 11 is 0. The zero-order chi connectivity index (χ0) is 34.4. The van der Waals surface area contributed by atoms with Crippen molar-refractivity contribution in [2.45, 2.75) is 38.0 Å². The van der Waals surface area contributed by atoms with Crippen LogP contribution in [0.25, 0.3) is 61.5 Å². The van der Waals surface area contributed by atoms with Crippen molar-refractivity contribution >= 4 is 44.7 Å². The van der Waals surface area contributed by atoms with E-state index >= 15 is 0 Å². The predicted octanol–water partition coefficient (Wildman–Crippen LogP) is 13.4. The standard InChI is InChI=1S/C51H41N/c1-3-13-35(14-4-1)23-24-42-31-37-16-7-8-17-38(37)33-47(42)46-22-12-10-18-41-32-39(25-28-44(41)46)40-27-29-49-48(34-40)51-45-21-11-9-15-36(45)26-30-50(51)52(49)43-19-5-2-6-20-43/h1-11,13-21,25-30,32-34,42,46H,12,22-24,31H2. The van der Waals surface area contributed by atoms with E-state index in [1.165, 1.54) is 83.6 Å². The lowest BCUT2D eigenvalue weighted by molar-refractivity contribution is 0.505. The van der Waals surface area contributed by atoms with Gasteiger partial charge in [0.1, 0.15) is 0 Å². The summed E-state index contributed by atoms with van der Waals surface area (Å²) in [4.78, 5) is 0. The van der Waals surface area contributed by atoms with E-state index in [0.717, 1.165) is 25.7 Å². The van der Waals surface area contributed by atoms with Crippen molar-refractivity contribution in [1.29, 1.82) is 0 Å². The van der Waals surface area contributed by atoms with Gasteiger partial charge in [0.15, 0.2) is 0 Å². The molecule has 250 valence electrons. The smallest absolute Gasteiger partial charge is 0.0547 e. The Kier molecular flexibility index (Phi) is 7.72. The Bertz CT molecular complexity index is 2650. The lowest BCUT2D eigenvalue weighted by atomic mass is 9.72. The van der Waals surface area contributed by atoms with E-state index in [2.05, 4.69) is 181 Å². The van der Waals surface area contributed by atoms with Crippen LogP contribution in [-0.2, 0) is 12.8 Å². The summed E-state index contributed by atoms with van der Waals surface area (Å²) in [5.41, 5.74) is 15.0. The van der Waals surface area contributed by atoms with Crippen LogP contribution in [0, 0.1) is 5.92 Å². The minimum Gasteiger partial charge on any atom is -0.309 e. The Hall–Kier alpha value is -5.92. The number of hydrogen-bond donors (Lipinski definition) is 0. The van der Waals surface area contributed by atoms with Crippen molar-refractivity contribution in [3.05, 3.63) is 197 Å². The van der Waals surface area contributed by atoms with Gasteiger partial charge in [-0.15, -0.1) is 0 Å². The van der Waals surface area contributed by atoms with Gasteiger partial charge >= 0.3 is 0 Å². The molecule has 1 heterocycles. The first-order chi connectivity index (χ1) is 25.8. The number of hydrogen-bond acceptors (Lipinski definition) is 0. The molecule has 2 unspecified atom stereocenters. The maximum atomic E-state index is 2.56. The molecule has 0 N–H and O–H groups in total. The molecule has 0 radical (unpaired) electrons. The molecular weight excluding hydrogens is 627 g/mol. The van der Waals surface area contributed by atoms with Gasteiger partial charge in [-0.1, -0.05) is 145 Å². The average molecular weight is 668 g/mol. The van der Waals surface area contributed by atoms with Crippen molar-refractivity contribution in [2.24, 2.45) is 5.92 Å². The first-order valence-electron chi connectivity index (χ1n) is 18.9. The van der Waals surface area contributed by atoms with Crippen LogP contribution in [0.15, 0.2) is 169 Å². The molecule has 0 saturated carbocycles. The fourth-order valence-corrected chi connectivity index (χ4v) is 9.20. The monoisotopic (exact) mass is 667 g/mol. The minimum absolute atomic E-state index is 0.408. The third-order valence-electron chi connectivity index (χ3n) is 11.7. The van der Waals surface area contributed by atoms with E-state index in [9.17, 15) is 0 Å². The molecule has 0 aliphatic heterocycles. The molecule has 0 saturated heterocycles. The Balaban J connectivity index is 1.07. The SMILES string of the molecule is C1=Cc2cc(-c3ccc4c(c3)c3c5ccccc5ccc3n4-c3ccccc3)ccc2C(C2=Cc3ccccc3CC2CCc2ccccc2)CC1. The molecule has 1 nitrogen and oxygen atoms in total. The molecule has 0 amide bonds. The quantitative estimate of drug-likeness (QED) is 0.166. The normalized spacial score (nSPS) is 16.8. The Morgan fingerprint density at radius 2 is 1.35 bits per heavy atom. The number of benzene rings is 7. The molecule has 10 rings (SSSR count). The first kappa shape index (κ1) is 30.9. The van der Waals surface area contributed by atoms with Gasteiger partial charge < -0.3 is 4.57 Å². The van der Waals surface area contributed by atoms with E-state index < -0.39 is 0 Å². The largest absolute Gasteiger partial charge is 0.309 e.